The van der Waals surface area contributed by atoms with Crippen molar-refractivity contribution in [1.29, 1.82) is 0 Å². The van der Waals surface area contributed by atoms with E-state index in [-0.39, 0.29) is 11.8 Å². The zero-order valence-corrected chi connectivity index (χ0v) is 28.6. The van der Waals surface area contributed by atoms with Gasteiger partial charge >= 0.3 is 11.9 Å². The summed E-state index contributed by atoms with van der Waals surface area (Å²) in [5, 5.41) is 9.02. The van der Waals surface area contributed by atoms with Gasteiger partial charge in [0.05, 0.1) is 12.4 Å². The summed E-state index contributed by atoms with van der Waals surface area (Å²) >= 11 is 0. The number of benzene rings is 2. The molecule has 2 aromatic carbocycles. The number of hydrogen-bond acceptors (Lipinski definition) is 8. The number of esters is 2. The van der Waals surface area contributed by atoms with E-state index in [2.05, 4.69) is 34.5 Å². The molecule has 0 amide bonds. The molecule has 254 valence electrons. The molecule has 0 saturated heterocycles. The van der Waals surface area contributed by atoms with Gasteiger partial charge in [-0.15, -0.1) is 0 Å². The van der Waals surface area contributed by atoms with E-state index in [1.54, 1.807) is 0 Å². The zero-order valence-electron chi connectivity index (χ0n) is 28.6. The van der Waals surface area contributed by atoms with Gasteiger partial charge in [-0.1, -0.05) is 60.7 Å². The van der Waals surface area contributed by atoms with Gasteiger partial charge in [-0.05, 0) is 86.7 Å². The molecular formula is C38H48N6O4. The number of carbonyl (C=O) groups is 2. The van der Waals surface area contributed by atoms with Crippen molar-refractivity contribution in [1.82, 2.24) is 29.4 Å². The molecule has 2 aromatic heterocycles. The van der Waals surface area contributed by atoms with E-state index in [1.165, 1.54) is 22.5 Å². The lowest BCUT2D eigenvalue weighted by Crippen LogP contribution is -2.42. The molecule has 0 N–H and O–H groups in total. The highest BCUT2D eigenvalue weighted by molar-refractivity contribution is 6.29. The van der Waals surface area contributed by atoms with Crippen LogP contribution in [0.2, 0.25) is 0 Å². The molecule has 0 saturated carbocycles. The first-order valence-electron chi connectivity index (χ1n) is 17.2. The van der Waals surface area contributed by atoms with Gasteiger partial charge in [0.25, 0.3) is 0 Å². The van der Waals surface area contributed by atoms with Gasteiger partial charge in [0.1, 0.15) is 0 Å². The molecule has 0 radical (unpaired) electrons. The summed E-state index contributed by atoms with van der Waals surface area (Å²) < 4.78 is 16.0. The van der Waals surface area contributed by atoms with Gasteiger partial charge in [0.15, 0.2) is 12.5 Å². The van der Waals surface area contributed by atoms with Crippen molar-refractivity contribution in [2.75, 3.05) is 14.1 Å². The predicted octanol–water partition coefficient (Wildman–Crippen LogP) is 5.48. The summed E-state index contributed by atoms with van der Waals surface area (Å²) in [4.78, 5) is 31.3. The van der Waals surface area contributed by atoms with Crippen LogP contribution >= 0.6 is 0 Å². The van der Waals surface area contributed by atoms with Crippen molar-refractivity contribution in [2.24, 2.45) is 14.1 Å². The summed E-state index contributed by atoms with van der Waals surface area (Å²) in [6.45, 7) is 1.13. The zero-order chi connectivity index (χ0) is 33.6. The van der Waals surface area contributed by atoms with Crippen LogP contribution in [-0.2, 0) is 59.1 Å². The maximum absolute atomic E-state index is 13.6. The van der Waals surface area contributed by atoms with Crippen molar-refractivity contribution in [3.63, 3.8) is 0 Å². The molecule has 2 aliphatic carbocycles. The number of fused-ring (bicyclic) bond motifs is 2. The molecule has 4 atom stereocenters. The average molecular weight is 653 g/mol. The second-order valence-corrected chi connectivity index (χ2v) is 13.5. The SMILES string of the molecule is CN(Cc1ccccc1)C(CC1CCCc2c1cnn2C)OC(=O)C(=O)OC(CC1CCCc2c1cnn2C)N(C)Cc1ccccc1. The van der Waals surface area contributed by atoms with Crippen LogP contribution in [-0.4, -0.2) is 67.9 Å². The molecule has 0 aliphatic heterocycles. The first-order chi connectivity index (χ1) is 23.3. The Bertz CT molecular complexity index is 1550. The van der Waals surface area contributed by atoms with Crippen LogP contribution < -0.4 is 0 Å². The minimum absolute atomic E-state index is 0.166. The Morgan fingerprint density at radius 2 is 1.10 bits per heavy atom. The average Bonchev–Trinajstić information content (AvgIpc) is 3.67. The fraction of sp³-hybridized carbons (Fsp3) is 0.474. The molecule has 48 heavy (non-hydrogen) atoms. The molecule has 0 spiro atoms. The molecular weight excluding hydrogens is 604 g/mol. The third-order valence-electron chi connectivity index (χ3n) is 10.2. The first kappa shape index (κ1) is 33.6. The molecule has 0 fully saturated rings. The van der Waals surface area contributed by atoms with Gasteiger partial charge in [-0.25, -0.2) is 9.59 Å². The Kier molecular flexibility index (Phi) is 10.7. The summed E-state index contributed by atoms with van der Waals surface area (Å²) in [5.74, 6) is -1.60. The van der Waals surface area contributed by atoms with E-state index in [0.29, 0.717) is 25.9 Å². The van der Waals surface area contributed by atoms with E-state index in [0.717, 1.165) is 49.7 Å². The fourth-order valence-electron chi connectivity index (χ4n) is 7.50. The van der Waals surface area contributed by atoms with Crippen LogP contribution in [0.5, 0.6) is 0 Å². The lowest BCUT2D eigenvalue weighted by atomic mass is 9.84. The standard InChI is InChI=1S/C38H48N6O4/c1-41(25-27-13-7-5-8-14-27)35(21-29-17-11-19-33-31(29)23-39-43(33)3)47-37(45)38(46)48-36(42(2)26-28-15-9-6-10-16-28)22-30-18-12-20-34-32(30)24-40-44(34)4/h5-10,13-16,23-24,29-30,35-36H,11-12,17-22,25-26H2,1-4H3. The highest BCUT2D eigenvalue weighted by atomic mass is 16.6. The monoisotopic (exact) mass is 652 g/mol. The van der Waals surface area contributed by atoms with Crippen molar-refractivity contribution < 1.29 is 19.1 Å². The minimum Gasteiger partial charge on any atom is -0.438 e. The number of aromatic nitrogens is 4. The van der Waals surface area contributed by atoms with Crippen LogP contribution in [0.3, 0.4) is 0 Å². The maximum Gasteiger partial charge on any atom is 0.419 e. The smallest absolute Gasteiger partial charge is 0.419 e. The summed E-state index contributed by atoms with van der Waals surface area (Å²) in [7, 11) is 7.83. The highest BCUT2D eigenvalue weighted by Crippen LogP contribution is 2.37. The Balaban J connectivity index is 1.19. The van der Waals surface area contributed by atoms with Gasteiger partial charge in [-0.3, -0.25) is 19.2 Å². The lowest BCUT2D eigenvalue weighted by molar-refractivity contribution is -0.185. The van der Waals surface area contributed by atoms with Crippen molar-refractivity contribution >= 4 is 11.9 Å². The molecule has 0 bridgehead atoms. The van der Waals surface area contributed by atoms with Gasteiger partial charge in [0.2, 0.25) is 0 Å². The predicted molar refractivity (Wildman–Crippen MR) is 183 cm³/mol. The normalized spacial score (nSPS) is 18.6. The highest BCUT2D eigenvalue weighted by Gasteiger charge is 2.35. The Labute approximate surface area is 283 Å². The first-order valence-corrected chi connectivity index (χ1v) is 17.2. The Hall–Kier alpha value is -4.28. The molecule has 4 aromatic rings. The van der Waals surface area contributed by atoms with Crippen LogP contribution in [0.25, 0.3) is 0 Å². The van der Waals surface area contributed by atoms with E-state index in [4.69, 9.17) is 9.47 Å². The fourth-order valence-corrected chi connectivity index (χ4v) is 7.50. The number of nitrogens with zero attached hydrogens (tertiary/aromatic N) is 6. The second kappa shape index (κ2) is 15.3. The van der Waals surface area contributed by atoms with Crippen molar-refractivity contribution in [3.05, 3.63) is 107 Å². The third kappa shape index (κ3) is 7.88. The van der Waals surface area contributed by atoms with Gasteiger partial charge in [-0.2, -0.15) is 10.2 Å². The Morgan fingerprint density at radius 3 is 1.50 bits per heavy atom. The maximum atomic E-state index is 13.6. The van der Waals surface area contributed by atoms with E-state index in [9.17, 15) is 9.59 Å². The summed E-state index contributed by atoms with van der Waals surface area (Å²) in [6.07, 6.45) is 9.74. The largest absolute Gasteiger partial charge is 0.438 e. The van der Waals surface area contributed by atoms with Crippen LogP contribution in [0.1, 0.15) is 84.0 Å². The van der Waals surface area contributed by atoms with E-state index >= 15 is 0 Å². The molecule has 2 heterocycles. The van der Waals surface area contributed by atoms with E-state index in [1.807, 2.05) is 96.1 Å². The summed E-state index contributed by atoms with van der Waals surface area (Å²) in [5.41, 5.74) is 7.05. The molecule has 10 heteroatoms. The number of hydrogen-bond donors (Lipinski definition) is 0. The Morgan fingerprint density at radius 1 is 0.708 bits per heavy atom. The van der Waals surface area contributed by atoms with Crippen LogP contribution in [0.4, 0.5) is 0 Å². The number of aryl methyl sites for hydroxylation is 2. The number of carbonyl (C=O) groups excluding carboxylic acids is 2. The van der Waals surface area contributed by atoms with Crippen LogP contribution in [0, 0.1) is 0 Å². The summed E-state index contributed by atoms with van der Waals surface area (Å²) in [6, 6.07) is 20.2. The molecule has 2 aliphatic rings. The molecule has 10 nitrogen and oxygen atoms in total. The lowest BCUT2D eigenvalue weighted by Gasteiger charge is -2.33. The second-order valence-electron chi connectivity index (χ2n) is 13.5. The number of ether oxygens (including phenoxy) is 2. The quantitative estimate of drug-likeness (QED) is 0.113. The van der Waals surface area contributed by atoms with Crippen molar-refractivity contribution in [3.8, 4) is 0 Å². The minimum atomic E-state index is -0.967. The van der Waals surface area contributed by atoms with E-state index < -0.39 is 24.4 Å². The number of rotatable bonds is 12. The third-order valence-corrected chi connectivity index (χ3v) is 10.2. The van der Waals surface area contributed by atoms with Crippen LogP contribution in [0.15, 0.2) is 73.1 Å². The van der Waals surface area contributed by atoms with Gasteiger partial charge < -0.3 is 9.47 Å². The van der Waals surface area contributed by atoms with Crippen molar-refractivity contribution in [2.45, 2.75) is 88.7 Å². The topological polar surface area (TPSA) is 94.7 Å². The molecule has 6 rings (SSSR count). The van der Waals surface area contributed by atoms with Gasteiger partial charge in [0, 0.05) is 51.4 Å². The molecule has 4 unspecified atom stereocenters.